The smallest absolute Gasteiger partial charge is 0.165 e. The highest BCUT2D eigenvalue weighted by Gasteiger charge is 2.21. The van der Waals surface area contributed by atoms with Gasteiger partial charge in [-0.15, -0.1) is 0 Å². The van der Waals surface area contributed by atoms with Crippen molar-refractivity contribution in [1.29, 1.82) is 0 Å². The van der Waals surface area contributed by atoms with Gasteiger partial charge < -0.3 is 19.9 Å². The molecule has 2 atom stereocenters. The molecule has 0 saturated heterocycles. The number of rotatable bonds is 6. The minimum Gasteiger partial charge on any atom is -0.493 e. The van der Waals surface area contributed by atoms with E-state index in [9.17, 15) is 5.11 Å². The first-order valence-corrected chi connectivity index (χ1v) is 7.96. The molecule has 2 rings (SSSR count). The summed E-state index contributed by atoms with van der Waals surface area (Å²) in [6.07, 6.45) is 5.22. The van der Waals surface area contributed by atoms with Crippen molar-refractivity contribution < 1.29 is 14.6 Å². The van der Waals surface area contributed by atoms with Gasteiger partial charge in [0.2, 0.25) is 0 Å². The molecule has 1 fully saturated rings. The van der Waals surface area contributed by atoms with Crippen LogP contribution in [0.25, 0.3) is 0 Å². The summed E-state index contributed by atoms with van der Waals surface area (Å²) in [6, 6.07) is 6.12. The number of benzene rings is 1. The van der Waals surface area contributed by atoms with Gasteiger partial charge in [0.25, 0.3) is 0 Å². The van der Waals surface area contributed by atoms with Crippen LogP contribution in [0.15, 0.2) is 18.2 Å². The molecule has 0 amide bonds. The third-order valence-corrected chi connectivity index (χ3v) is 4.10. The molecule has 2 unspecified atom stereocenters. The number of hydrogen-bond acceptors (Lipinski definition) is 4. The lowest BCUT2D eigenvalue weighted by molar-refractivity contribution is 0.119. The normalized spacial score (nSPS) is 22.6. The van der Waals surface area contributed by atoms with Gasteiger partial charge in [0.1, 0.15) is 0 Å². The summed E-state index contributed by atoms with van der Waals surface area (Å²) in [5.41, 5.74) is 1.07. The van der Waals surface area contributed by atoms with Gasteiger partial charge >= 0.3 is 0 Å². The Hall–Kier alpha value is -1.26. The molecule has 4 heteroatoms. The maximum Gasteiger partial charge on any atom is 0.165 e. The Bertz CT molecular complexity index is 436. The predicted molar refractivity (Wildman–Crippen MR) is 83.9 cm³/mol. The Kier molecular flexibility index (Phi) is 6.33. The number of nitrogens with one attached hydrogen (secondary N) is 1. The summed E-state index contributed by atoms with van der Waals surface area (Å²) in [6.45, 7) is 3.27. The summed E-state index contributed by atoms with van der Waals surface area (Å²) >= 11 is 0. The van der Waals surface area contributed by atoms with Gasteiger partial charge in [-0.3, -0.25) is 0 Å². The minimum atomic E-state index is -0.242. The van der Waals surface area contributed by atoms with Gasteiger partial charge in [-0.25, -0.2) is 0 Å². The zero-order valence-electron chi connectivity index (χ0n) is 13.1. The molecule has 0 aliphatic heterocycles. The molecule has 1 aliphatic carbocycles. The highest BCUT2D eigenvalue weighted by atomic mass is 16.5. The van der Waals surface area contributed by atoms with Crippen LogP contribution in [-0.4, -0.2) is 31.0 Å². The third kappa shape index (κ3) is 4.35. The van der Waals surface area contributed by atoms with Crippen molar-refractivity contribution in [2.24, 2.45) is 0 Å². The molecular weight excluding hydrogens is 266 g/mol. The first kappa shape index (κ1) is 16.1. The largest absolute Gasteiger partial charge is 0.493 e. The van der Waals surface area contributed by atoms with Crippen LogP contribution in [0.3, 0.4) is 0 Å². The molecule has 1 aliphatic rings. The first-order chi connectivity index (χ1) is 10.3. The van der Waals surface area contributed by atoms with Crippen LogP contribution < -0.4 is 14.8 Å². The van der Waals surface area contributed by atoms with Crippen molar-refractivity contribution in [3.05, 3.63) is 23.8 Å². The number of aliphatic hydroxyl groups is 1. The van der Waals surface area contributed by atoms with E-state index in [2.05, 4.69) is 5.32 Å². The summed E-state index contributed by atoms with van der Waals surface area (Å²) < 4.78 is 11.1. The third-order valence-electron chi connectivity index (χ3n) is 4.10. The van der Waals surface area contributed by atoms with E-state index >= 15 is 0 Å². The van der Waals surface area contributed by atoms with E-state index in [0.29, 0.717) is 13.2 Å². The summed E-state index contributed by atoms with van der Waals surface area (Å²) in [5, 5.41) is 13.7. The maximum absolute atomic E-state index is 10.2. The fourth-order valence-corrected chi connectivity index (χ4v) is 2.97. The Morgan fingerprint density at radius 1 is 1.24 bits per heavy atom. The molecule has 1 aromatic carbocycles. The molecule has 4 nitrogen and oxygen atoms in total. The molecule has 0 radical (unpaired) electrons. The van der Waals surface area contributed by atoms with E-state index in [4.69, 9.17) is 9.47 Å². The second kappa shape index (κ2) is 8.25. The second-order valence-electron chi connectivity index (χ2n) is 5.57. The summed E-state index contributed by atoms with van der Waals surface area (Å²) in [4.78, 5) is 0. The van der Waals surface area contributed by atoms with Crippen molar-refractivity contribution >= 4 is 0 Å². The second-order valence-corrected chi connectivity index (χ2v) is 5.57. The van der Waals surface area contributed by atoms with E-state index in [1.807, 2.05) is 25.1 Å². The highest BCUT2D eigenvalue weighted by Crippen LogP contribution is 2.31. The minimum absolute atomic E-state index is 0.174. The Morgan fingerprint density at radius 3 is 2.81 bits per heavy atom. The zero-order chi connectivity index (χ0) is 15.1. The van der Waals surface area contributed by atoms with Gasteiger partial charge in [0.05, 0.1) is 19.8 Å². The van der Waals surface area contributed by atoms with Gasteiger partial charge in [0.15, 0.2) is 11.5 Å². The van der Waals surface area contributed by atoms with E-state index in [1.54, 1.807) is 7.11 Å². The fraction of sp³-hybridized carbons (Fsp3) is 0.647. The molecular formula is C17H27NO3. The Morgan fingerprint density at radius 2 is 2.05 bits per heavy atom. The topological polar surface area (TPSA) is 50.7 Å². The molecule has 2 N–H and O–H groups in total. The molecule has 1 aromatic rings. The molecule has 0 bridgehead atoms. The van der Waals surface area contributed by atoms with Crippen molar-refractivity contribution in [3.8, 4) is 11.5 Å². The van der Waals surface area contributed by atoms with Gasteiger partial charge in [-0.05, 0) is 25.8 Å². The van der Waals surface area contributed by atoms with Crippen LogP contribution >= 0.6 is 0 Å². The maximum atomic E-state index is 10.2. The number of methoxy groups -OCH3 is 1. The SMILES string of the molecule is CCOc1cccc(CNC2CCCCCC2O)c1OC. The molecule has 0 heterocycles. The highest BCUT2D eigenvalue weighted by molar-refractivity contribution is 5.46. The standard InChI is InChI=1S/C17H27NO3/c1-3-21-16-11-7-8-13(17(16)20-2)12-18-14-9-5-4-6-10-15(14)19/h7-8,11,14-15,18-19H,3-6,9-10,12H2,1-2H3. The Labute approximate surface area is 127 Å². The van der Waals surface area contributed by atoms with Crippen LogP contribution in [0.1, 0.15) is 44.6 Å². The quantitative estimate of drug-likeness (QED) is 0.792. The predicted octanol–water partition coefficient (Wildman–Crippen LogP) is 2.88. The van der Waals surface area contributed by atoms with Gasteiger partial charge in [-0.1, -0.05) is 31.4 Å². The van der Waals surface area contributed by atoms with E-state index in [-0.39, 0.29) is 12.1 Å². The molecule has 0 spiro atoms. The number of ether oxygens (including phenoxy) is 2. The number of para-hydroxylation sites is 1. The molecule has 1 saturated carbocycles. The molecule has 0 aromatic heterocycles. The van der Waals surface area contributed by atoms with Crippen LogP contribution in [0.5, 0.6) is 11.5 Å². The van der Waals surface area contributed by atoms with Crippen molar-refractivity contribution in [2.75, 3.05) is 13.7 Å². The first-order valence-electron chi connectivity index (χ1n) is 7.96. The van der Waals surface area contributed by atoms with Gasteiger partial charge in [0, 0.05) is 18.2 Å². The lowest BCUT2D eigenvalue weighted by atomic mass is 10.1. The van der Waals surface area contributed by atoms with Crippen molar-refractivity contribution in [3.63, 3.8) is 0 Å². The van der Waals surface area contributed by atoms with Crippen molar-refractivity contribution in [1.82, 2.24) is 5.32 Å². The molecule has 118 valence electrons. The van der Waals surface area contributed by atoms with Crippen LogP contribution in [0.4, 0.5) is 0 Å². The summed E-state index contributed by atoms with van der Waals surface area (Å²) in [7, 11) is 1.67. The van der Waals surface area contributed by atoms with Crippen LogP contribution in [0.2, 0.25) is 0 Å². The fourth-order valence-electron chi connectivity index (χ4n) is 2.97. The van der Waals surface area contributed by atoms with Crippen LogP contribution in [0, 0.1) is 0 Å². The van der Waals surface area contributed by atoms with E-state index in [1.165, 1.54) is 12.8 Å². The molecule has 21 heavy (non-hydrogen) atoms. The summed E-state index contributed by atoms with van der Waals surface area (Å²) in [5.74, 6) is 1.57. The Balaban J connectivity index is 2.03. The monoisotopic (exact) mass is 293 g/mol. The average Bonchev–Trinajstić information content (AvgIpc) is 2.70. The zero-order valence-corrected chi connectivity index (χ0v) is 13.1. The lowest BCUT2D eigenvalue weighted by Gasteiger charge is -2.23. The number of hydrogen-bond donors (Lipinski definition) is 2. The van der Waals surface area contributed by atoms with Crippen LogP contribution in [-0.2, 0) is 6.54 Å². The van der Waals surface area contributed by atoms with E-state index < -0.39 is 0 Å². The lowest BCUT2D eigenvalue weighted by Crippen LogP contribution is -2.38. The van der Waals surface area contributed by atoms with E-state index in [0.717, 1.165) is 36.3 Å². The van der Waals surface area contributed by atoms with Gasteiger partial charge in [-0.2, -0.15) is 0 Å². The average molecular weight is 293 g/mol. The van der Waals surface area contributed by atoms with Crippen molar-refractivity contribution in [2.45, 2.75) is 57.7 Å². The number of aliphatic hydroxyl groups excluding tert-OH is 1.